The van der Waals surface area contributed by atoms with Crippen LogP contribution in [-0.2, 0) is 5.54 Å². The van der Waals surface area contributed by atoms with E-state index >= 15 is 0 Å². The number of rotatable bonds is 4. The van der Waals surface area contributed by atoms with Crippen molar-refractivity contribution in [2.75, 3.05) is 7.11 Å². The fourth-order valence-corrected chi connectivity index (χ4v) is 5.05. The molecule has 35 heavy (non-hydrogen) atoms. The Morgan fingerprint density at radius 1 is 0.743 bits per heavy atom. The number of aliphatic hydroxyl groups is 1. The molecule has 1 fully saturated rings. The second-order valence-corrected chi connectivity index (χ2v) is 9.55. The van der Waals surface area contributed by atoms with Crippen LogP contribution in [0.4, 0.5) is 0 Å². The van der Waals surface area contributed by atoms with Crippen molar-refractivity contribution in [3.05, 3.63) is 136 Å². The Morgan fingerprint density at radius 2 is 1.17 bits per heavy atom. The van der Waals surface area contributed by atoms with Gasteiger partial charge >= 0.3 is 0 Å². The minimum Gasteiger partial charge on any atom is -0.400 e. The van der Waals surface area contributed by atoms with Gasteiger partial charge in [0, 0.05) is 28.2 Å². The Labute approximate surface area is 220 Å². The zero-order valence-electron chi connectivity index (χ0n) is 19.6. The standard InChI is InChI=1S/C26H18BrClN2.C3H6.CH4O/c27-24-16-22(28)17-25-23(24)18-30(29-25)26(19-10-4-1-5-11-19,20-12-6-2-7-13-20)21-14-8-3-9-15-21;1-2-3-1;1-2/h1-18H;1-3H2;2H,1H3. The second kappa shape index (κ2) is 11.7. The van der Waals surface area contributed by atoms with Crippen LogP contribution in [0.5, 0.6) is 0 Å². The lowest BCUT2D eigenvalue weighted by Gasteiger charge is -2.36. The molecule has 0 bridgehead atoms. The molecule has 3 nitrogen and oxygen atoms in total. The predicted molar refractivity (Wildman–Crippen MR) is 149 cm³/mol. The maximum Gasteiger partial charge on any atom is 0.138 e. The SMILES string of the molecule is C1CC1.CO.Clc1cc(Br)c2cn(C(c3ccccc3)(c3ccccc3)c3ccccc3)nc2c1. The molecule has 0 unspecified atom stereocenters. The topological polar surface area (TPSA) is 38.0 Å². The molecule has 0 spiro atoms. The summed E-state index contributed by atoms with van der Waals surface area (Å²) in [7, 11) is 1.00. The Bertz CT molecular complexity index is 1250. The summed E-state index contributed by atoms with van der Waals surface area (Å²) in [5.74, 6) is 0. The van der Waals surface area contributed by atoms with Crippen LogP contribution in [0, 0.1) is 0 Å². The van der Waals surface area contributed by atoms with Gasteiger partial charge in [-0.3, -0.25) is 4.68 Å². The van der Waals surface area contributed by atoms with E-state index in [4.69, 9.17) is 21.8 Å². The molecule has 178 valence electrons. The third-order valence-corrected chi connectivity index (χ3v) is 6.69. The minimum absolute atomic E-state index is 0.630. The van der Waals surface area contributed by atoms with E-state index in [1.807, 2.05) is 30.3 Å². The van der Waals surface area contributed by atoms with E-state index in [9.17, 15) is 0 Å². The van der Waals surface area contributed by atoms with Crippen molar-refractivity contribution < 1.29 is 5.11 Å². The van der Waals surface area contributed by atoms with Crippen molar-refractivity contribution in [3.8, 4) is 0 Å². The van der Waals surface area contributed by atoms with E-state index in [1.54, 1.807) is 0 Å². The lowest BCUT2D eigenvalue weighted by atomic mass is 9.77. The Hall–Kier alpha value is -2.92. The van der Waals surface area contributed by atoms with Gasteiger partial charge in [0.25, 0.3) is 0 Å². The summed E-state index contributed by atoms with van der Waals surface area (Å²) >= 11 is 9.98. The zero-order chi connectivity index (χ0) is 24.7. The first-order chi connectivity index (χ1) is 17.2. The summed E-state index contributed by atoms with van der Waals surface area (Å²) in [6.45, 7) is 0. The van der Waals surface area contributed by atoms with Crippen LogP contribution in [0.3, 0.4) is 0 Å². The molecule has 1 heterocycles. The molecule has 1 saturated carbocycles. The van der Waals surface area contributed by atoms with Crippen molar-refractivity contribution in [2.24, 2.45) is 0 Å². The Morgan fingerprint density at radius 3 is 1.57 bits per heavy atom. The van der Waals surface area contributed by atoms with Crippen molar-refractivity contribution >= 4 is 38.4 Å². The van der Waals surface area contributed by atoms with Gasteiger partial charge in [-0.05, 0) is 44.8 Å². The fourth-order valence-electron chi connectivity index (χ4n) is 4.16. The van der Waals surface area contributed by atoms with Gasteiger partial charge in [0.2, 0.25) is 0 Å². The molecular weight excluding hydrogens is 520 g/mol. The summed E-state index contributed by atoms with van der Waals surface area (Å²) in [4.78, 5) is 0. The smallest absolute Gasteiger partial charge is 0.138 e. The molecule has 6 rings (SSSR count). The van der Waals surface area contributed by atoms with Gasteiger partial charge < -0.3 is 5.11 Å². The van der Waals surface area contributed by atoms with Crippen LogP contribution < -0.4 is 0 Å². The highest BCUT2D eigenvalue weighted by Crippen LogP contribution is 2.41. The lowest BCUT2D eigenvalue weighted by molar-refractivity contribution is 0.399. The van der Waals surface area contributed by atoms with Gasteiger partial charge in [0.1, 0.15) is 5.54 Å². The predicted octanol–water partition coefficient (Wildman–Crippen LogP) is 8.07. The number of aliphatic hydroxyl groups excluding tert-OH is 1. The molecule has 1 aliphatic carbocycles. The number of fused-ring (bicyclic) bond motifs is 1. The van der Waals surface area contributed by atoms with E-state index in [2.05, 4.69) is 99.6 Å². The van der Waals surface area contributed by atoms with E-state index in [0.717, 1.165) is 39.2 Å². The molecule has 0 aliphatic heterocycles. The third-order valence-electron chi connectivity index (χ3n) is 5.81. The maximum atomic E-state index is 7.00. The van der Waals surface area contributed by atoms with Crippen LogP contribution in [0.25, 0.3) is 10.9 Å². The van der Waals surface area contributed by atoms with Crippen molar-refractivity contribution in [3.63, 3.8) is 0 Å². The normalized spacial score (nSPS) is 12.2. The van der Waals surface area contributed by atoms with Crippen LogP contribution >= 0.6 is 27.5 Å². The maximum absolute atomic E-state index is 7.00. The summed E-state index contributed by atoms with van der Waals surface area (Å²) in [5, 5.41) is 13.7. The minimum atomic E-state index is -0.630. The molecule has 4 aromatic carbocycles. The molecule has 0 amide bonds. The summed E-state index contributed by atoms with van der Waals surface area (Å²) in [6.07, 6.45) is 6.60. The first-order valence-electron chi connectivity index (χ1n) is 11.7. The van der Waals surface area contributed by atoms with Crippen molar-refractivity contribution in [1.29, 1.82) is 0 Å². The van der Waals surface area contributed by atoms with E-state index < -0.39 is 5.54 Å². The zero-order valence-corrected chi connectivity index (χ0v) is 22.0. The number of aromatic nitrogens is 2. The van der Waals surface area contributed by atoms with Gasteiger partial charge in [-0.1, -0.05) is 122 Å². The van der Waals surface area contributed by atoms with Gasteiger partial charge in [-0.2, -0.15) is 5.10 Å². The van der Waals surface area contributed by atoms with Gasteiger partial charge in [0.05, 0.1) is 5.52 Å². The van der Waals surface area contributed by atoms with Crippen LogP contribution in [0.15, 0.2) is 114 Å². The number of halogens is 2. The highest BCUT2D eigenvalue weighted by Gasteiger charge is 2.39. The molecule has 0 radical (unpaired) electrons. The molecule has 0 saturated heterocycles. The molecule has 1 N–H and O–H groups in total. The van der Waals surface area contributed by atoms with Gasteiger partial charge in [0.15, 0.2) is 0 Å². The largest absolute Gasteiger partial charge is 0.400 e. The fraction of sp³-hybridized carbons (Fsp3) is 0.167. The van der Waals surface area contributed by atoms with Crippen LogP contribution in [0.2, 0.25) is 5.02 Å². The molecule has 5 heteroatoms. The van der Waals surface area contributed by atoms with E-state index in [-0.39, 0.29) is 0 Å². The highest BCUT2D eigenvalue weighted by atomic mass is 79.9. The van der Waals surface area contributed by atoms with Crippen molar-refractivity contribution in [1.82, 2.24) is 9.78 Å². The lowest BCUT2D eigenvalue weighted by Crippen LogP contribution is -2.38. The molecule has 1 aliphatic rings. The van der Waals surface area contributed by atoms with Crippen LogP contribution in [-0.4, -0.2) is 22.0 Å². The number of nitrogens with zero attached hydrogens (tertiary/aromatic N) is 2. The first-order valence-corrected chi connectivity index (χ1v) is 12.8. The number of benzene rings is 4. The molecule has 1 aromatic heterocycles. The summed E-state index contributed by atoms with van der Waals surface area (Å²) < 4.78 is 3.00. The van der Waals surface area contributed by atoms with E-state index in [1.165, 1.54) is 19.3 Å². The monoisotopic (exact) mass is 546 g/mol. The average Bonchev–Trinajstić information content (AvgIpc) is 3.74. The molecule has 5 aromatic rings. The quantitative estimate of drug-likeness (QED) is 0.231. The highest BCUT2D eigenvalue weighted by molar-refractivity contribution is 9.10. The first kappa shape index (κ1) is 25.2. The van der Waals surface area contributed by atoms with E-state index in [0.29, 0.717) is 5.02 Å². The Kier molecular flexibility index (Phi) is 8.40. The van der Waals surface area contributed by atoms with Crippen LogP contribution in [0.1, 0.15) is 36.0 Å². The van der Waals surface area contributed by atoms with Gasteiger partial charge in [-0.15, -0.1) is 0 Å². The summed E-state index contributed by atoms with van der Waals surface area (Å²) in [6, 6.07) is 35.4. The summed E-state index contributed by atoms with van der Waals surface area (Å²) in [5.41, 5.74) is 3.63. The molecular formula is C30H28BrClN2O. The van der Waals surface area contributed by atoms with Gasteiger partial charge in [-0.25, -0.2) is 0 Å². The van der Waals surface area contributed by atoms with Crippen molar-refractivity contribution in [2.45, 2.75) is 24.8 Å². The molecule has 0 atom stereocenters. The average molecular weight is 548 g/mol. The second-order valence-electron chi connectivity index (χ2n) is 8.26. The Balaban J connectivity index is 0.000000526. The number of hydrogen-bond donors (Lipinski definition) is 1. The third kappa shape index (κ3) is 5.35. The number of hydrogen-bond acceptors (Lipinski definition) is 2.